The van der Waals surface area contributed by atoms with Crippen molar-refractivity contribution in [3.05, 3.63) is 34.4 Å². The molecular formula is C24H40N4. The first kappa shape index (κ1) is 21.1. The molecule has 1 aliphatic rings. The van der Waals surface area contributed by atoms with Crippen molar-refractivity contribution in [1.29, 1.82) is 0 Å². The Morgan fingerprint density at radius 3 is 2.21 bits per heavy atom. The Morgan fingerprint density at radius 2 is 1.61 bits per heavy atom. The Labute approximate surface area is 171 Å². The van der Waals surface area contributed by atoms with E-state index in [2.05, 4.69) is 70.8 Å². The summed E-state index contributed by atoms with van der Waals surface area (Å²) < 4.78 is 4.53. The topological polar surface area (TPSA) is 35.6 Å². The summed E-state index contributed by atoms with van der Waals surface area (Å²) in [7, 11) is 0. The molecule has 0 atom stereocenters. The third-order valence-corrected chi connectivity index (χ3v) is 5.65. The number of hydrogen-bond acceptors (Lipinski definition) is 2. The van der Waals surface area contributed by atoms with Crippen molar-refractivity contribution in [2.75, 3.05) is 0 Å². The highest BCUT2D eigenvalue weighted by Gasteiger charge is 2.28. The van der Waals surface area contributed by atoms with Crippen molar-refractivity contribution < 1.29 is 0 Å². The summed E-state index contributed by atoms with van der Waals surface area (Å²) in [6.45, 7) is 20.2. The van der Waals surface area contributed by atoms with Gasteiger partial charge in [-0.15, -0.1) is 0 Å². The molecule has 0 saturated carbocycles. The maximum absolute atomic E-state index is 5.04. The fourth-order valence-corrected chi connectivity index (χ4v) is 4.51. The summed E-state index contributed by atoms with van der Waals surface area (Å²) in [6.07, 6.45) is 5.86. The van der Waals surface area contributed by atoms with E-state index in [1.807, 2.05) is 0 Å². The molecule has 3 rings (SSSR count). The average Bonchev–Trinajstić information content (AvgIpc) is 3.12. The van der Waals surface area contributed by atoms with Crippen LogP contribution < -0.4 is 0 Å². The average molecular weight is 385 g/mol. The van der Waals surface area contributed by atoms with Gasteiger partial charge in [-0.3, -0.25) is 9.36 Å². The number of rotatable bonds is 5. The van der Waals surface area contributed by atoms with Gasteiger partial charge in [0.05, 0.1) is 11.4 Å². The molecule has 0 radical (unpaired) electrons. The molecule has 0 bridgehead atoms. The fourth-order valence-electron chi connectivity index (χ4n) is 4.51. The maximum atomic E-state index is 5.04. The second kappa shape index (κ2) is 7.68. The van der Waals surface area contributed by atoms with E-state index >= 15 is 0 Å². The van der Waals surface area contributed by atoms with Gasteiger partial charge < -0.3 is 0 Å². The summed E-state index contributed by atoms with van der Waals surface area (Å²) in [5.74, 6) is 0.596. The first-order valence-corrected chi connectivity index (χ1v) is 11.1. The lowest BCUT2D eigenvalue weighted by Gasteiger charge is -2.23. The van der Waals surface area contributed by atoms with Gasteiger partial charge in [-0.05, 0) is 43.2 Å². The number of fused-ring (bicyclic) bond motifs is 1. The minimum atomic E-state index is 0.113. The van der Waals surface area contributed by atoms with Crippen LogP contribution >= 0.6 is 0 Å². The Bertz CT molecular complexity index is 809. The van der Waals surface area contributed by atoms with Gasteiger partial charge in [-0.2, -0.15) is 10.2 Å². The molecule has 2 aromatic rings. The Kier molecular flexibility index (Phi) is 5.80. The van der Waals surface area contributed by atoms with Crippen LogP contribution in [0.15, 0.2) is 6.07 Å². The molecule has 0 saturated heterocycles. The quantitative estimate of drug-likeness (QED) is 0.687. The predicted molar refractivity (Wildman–Crippen MR) is 117 cm³/mol. The number of aryl methyl sites for hydroxylation is 3. The molecule has 0 fully saturated rings. The summed E-state index contributed by atoms with van der Waals surface area (Å²) >= 11 is 0. The lowest BCUT2D eigenvalue weighted by Crippen LogP contribution is -2.21. The summed E-state index contributed by atoms with van der Waals surface area (Å²) in [5, 5.41) is 10.0. The van der Waals surface area contributed by atoms with Gasteiger partial charge in [-0.1, -0.05) is 55.4 Å². The van der Waals surface area contributed by atoms with E-state index in [1.54, 1.807) is 0 Å². The number of aromatic nitrogens is 4. The largest absolute Gasteiger partial charge is 0.269 e. The zero-order chi connectivity index (χ0) is 20.7. The Hall–Kier alpha value is -1.58. The third-order valence-electron chi connectivity index (χ3n) is 5.65. The molecule has 28 heavy (non-hydrogen) atoms. The van der Waals surface area contributed by atoms with Crippen LogP contribution in [0, 0.1) is 5.92 Å². The molecule has 2 aromatic heterocycles. The van der Waals surface area contributed by atoms with Crippen LogP contribution in [0.5, 0.6) is 0 Å². The molecule has 2 heterocycles. The zero-order valence-electron chi connectivity index (χ0n) is 19.4. The molecule has 0 N–H and O–H groups in total. The lowest BCUT2D eigenvalue weighted by molar-refractivity contribution is 0.425. The van der Waals surface area contributed by atoms with Gasteiger partial charge >= 0.3 is 0 Å². The lowest BCUT2D eigenvalue weighted by atomic mass is 9.84. The van der Waals surface area contributed by atoms with E-state index in [0.717, 1.165) is 25.9 Å². The zero-order valence-corrected chi connectivity index (χ0v) is 19.4. The van der Waals surface area contributed by atoms with Crippen molar-refractivity contribution in [3.63, 3.8) is 0 Å². The van der Waals surface area contributed by atoms with Crippen LogP contribution in [-0.4, -0.2) is 19.6 Å². The first-order chi connectivity index (χ1) is 13.0. The maximum Gasteiger partial charge on any atom is 0.0659 e. The highest BCUT2D eigenvalue weighted by atomic mass is 15.3. The molecule has 0 spiro atoms. The van der Waals surface area contributed by atoms with Gasteiger partial charge in [0.25, 0.3) is 0 Å². The second-order valence-corrected chi connectivity index (χ2v) is 11.1. The first-order valence-electron chi connectivity index (χ1n) is 11.1. The molecule has 4 heteroatoms. The monoisotopic (exact) mass is 384 g/mol. The standard InChI is InChI=1S/C24H40N4/c1-17(2)16-28-21(23(3,4)5)15-18(25-28)13-14-27-22(24(6,7)8)19-11-9-10-12-20(19)26-27/h15,17H,9-14,16H2,1-8H3. The van der Waals surface area contributed by atoms with E-state index in [4.69, 9.17) is 10.2 Å². The van der Waals surface area contributed by atoms with E-state index in [0.29, 0.717) is 5.92 Å². The molecule has 0 aromatic carbocycles. The number of hydrogen-bond donors (Lipinski definition) is 0. The smallest absolute Gasteiger partial charge is 0.0659 e. The van der Waals surface area contributed by atoms with Crippen molar-refractivity contribution in [2.45, 2.75) is 111 Å². The van der Waals surface area contributed by atoms with Gasteiger partial charge in [0, 0.05) is 41.7 Å². The summed E-state index contributed by atoms with van der Waals surface area (Å²) in [5.41, 5.74) is 7.09. The highest BCUT2D eigenvalue weighted by molar-refractivity contribution is 5.33. The highest BCUT2D eigenvalue weighted by Crippen LogP contribution is 2.33. The third kappa shape index (κ3) is 4.52. The van der Waals surface area contributed by atoms with Crippen LogP contribution in [0.3, 0.4) is 0 Å². The SMILES string of the molecule is CC(C)Cn1nc(CCn2nc3c(c2C(C)(C)C)CCCC3)cc1C(C)(C)C. The minimum absolute atomic E-state index is 0.113. The second-order valence-electron chi connectivity index (χ2n) is 11.1. The van der Waals surface area contributed by atoms with Crippen molar-refractivity contribution >= 4 is 0 Å². The van der Waals surface area contributed by atoms with Crippen LogP contribution in [0.4, 0.5) is 0 Å². The normalized spacial score (nSPS) is 15.3. The van der Waals surface area contributed by atoms with Gasteiger partial charge in [0.1, 0.15) is 0 Å². The van der Waals surface area contributed by atoms with Gasteiger partial charge in [0.2, 0.25) is 0 Å². The predicted octanol–water partition coefficient (Wildman–Crippen LogP) is 5.45. The molecule has 1 aliphatic carbocycles. The summed E-state index contributed by atoms with van der Waals surface area (Å²) in [4.78, 5) is 0. The van der Waals surface area contributed by atoms with Crippen LogP contribution in [-0.2, 0) is 43.2 Å². The molecule has 156 valence electrons. The molecule has 0 amide bonds. The van der Waals surface area contributed by atoms with Crippen LogP contribution in [0.1, 0.15) is 96.6 Å². The Morgan fingerprint density at radius 1 is 0.929 bits per heavy atom. The number of nitrogens with zero attached hydrogens (tertiary/aromatic N) is 4. The van der Waals surface area contributed by atoms with E-state index in [-0.39, 0.29) is 10.8 Å². The van der Waals surface area contributed by atoms with E-state index in [9.17, 15) is 0 Å². The molecule has 0 aliphatic heterocycles. The molecule has 0 unspecified atom stereocenters. The van der Waals surface area contributed by atoms with Crippen LogP contribution in [0.25, 0.3) is 0 Å². The van der Waals surface area contributed by atoms with Crippen molar-refractivity contribution in [2.24, 2.45) is 5.92 Å². The van der Waals surface area contributed by atoms with E-state index < -0.39 is 0 Å². The van der Waals surface area contributed by atoms with Crippen molar-refractivity contribution in [3.8, 4) is 0 Å². The molecule has 4 nitrogen and oxygen atoms in total. The van der Waals surface area contributed by atoms with Gasteiger partial charge in [0.15, 0.2) is 0 Å². The van der Waals surface area contributed by atoms with Crippen LogP contribution in [0.2, 0.25) is 0 Å². The Balaban J connectivity index is 1.87. The van der Waals surface area contributed by atoms with Crippen molar-refractivity contribution in [1.82, 2.24) is 19.6 Å². The minimum Gasteiger partial charge on any atom is -0.269 e. The fraction of sp³-hybridized carbons (Fsp3) is 0.750. The van der Waals surface area contributed by atoms with Gasteiger partial charge in [-0.25, -0.2) is 0 Å². The molecular weight excluding hydrogens is 344 g/mol. The van der Waals surface area contributed by atoms with E-state index in [1.165, 1.54) is 47.6 Å². The summed E-state index contributed by atoms with van der Waals surface area (Å²) in [6, 6.07) is 2.32.